The Morgan fingerprint density at radius 2 is 1.68 bits per heavy atom. The Morgan fingerprint density at radius 3 is 2.32 bits per heavy atom. The van der Waals surface area contributed by atoms with E-state index in [0.717, 1.165) is 0 Å². The molecule has 1 aliphatic carbocycles. The van der Waals surface area contributed by atoms with Crippen LogP contribution in [0.3, 0.4) is 0 Å². The largest absolute Gasteiger partial charge is 0.294 e. The number of rotatable bonds is 2. The molecular formula is C16H12BrFO. The highest BCUT2D eigenvalue weighted by atomic mass is 79.9. The van der Waals surface area contributed by atoms with E-state index >= 15 is 0 Å². The average molecular weight is 319 g/mol. The van der Waals surface area contributed by atoms with Crippen molar-refractivity contribution in [2.24, 2.45) is 5.92 Å². The van der Waals surface area contributed by atoms with E-state index in [-0.39, 0.29) is 17.3 Å². The molecular weight excluding hydrogens is 307 g/mol. The van der Waals surface area contributed by atoms with Crippen molar-refractivity contribution in [1.29, 1.82) is 0 Å². The molecule has 0 unspecified atom stereocenters. The van der Waals surface area contributed by atoms with Gasteiger partial charge in [-0.05, 0) is 52.0 Å². The minimum atomic E-state index is -0.455. The lowest BCUT2D eigenvalue weighted by Crippen LogP contribution is -2.16. The van der Waals surface area contributed by atoms with Gasteiger partial charge in [0.2, 0.25) is 0 Å². The van der Waals surface area contributed by atoms with Crippen molar-refractivity contribution in [1.82, 2.24) is 0 Å². The van der Waals surface area contributed by atoms with E-state index in [9.17, 15) is 9.18 Å². The van der Waals surface area contributed by atoms with E-state index in [1.807, 2.05) is 24.3 Å². The summed E-state index contributed by atoms with van der Waals surface area (Å²) in [4.78, 5) is 12.4. The fraction of sp³-hybridized carbons (Fsp3) is 0.188. The first kappa shape index (κ1) is 12.5. The Labute approximate surface area is 119 Å². The second-order valence-electron chi connectivity index (χ2n) is 4.84. The Balaban J connectivity index is 1.89. The molecule has 0 bridgehead atoms. The maximum absolute atomic E-state index is 14.0. The minimum Gasteiger partial charge on any atom is -0.294 e. The van der Waals surface area contributed by atoms with Gasteiger partial charge in [-0.2, -0.15) is 0 Å². The molecule has 3 rings (SSSR count). The predicted octanol–water partition coefficient (Wildman–Crippen LogP) is 4.19. The maximum atomic E-state index is 14.0. The topological polar surface area (TPSA) is 17.1 Å². The summed E-state index contributed by atoms with van der Waals surface area (Å²) in [6.45, 7) is 0. The van der Waals surface area contributed by atoms with Gasteiger partial charge in [0.15, 0.2) is 5.78 Å². The number of hydrogen-bond donors (Lipinski definition) is 0. The smallest absolute Gasteiger partial charge is 0.169 e. The van der Waals surface area contributed by atoms with Gasteiger partial charge in [0, 0.05) is 5.92 Å². The van der Waals surface area contributed by atoms with E-state index in [1.165, 1.54) is 11.1 Å². The number of fused-ring (bicyclic) bond motifs is 1. The number of benzene rings is 2. The van der Waals surface area contributed by atoms with Crippen LogP contribution in [-0.2, 0) is 12.8 Å². The van der Waals surface area contributed by atoms with Crippen LogP contribution in [-0.4, -0.2) is 5.78 Å². The lowest BCUT2D eigenvalue weighted by Gasteiger charge is -2.09. The Kier molecular flexibility index (Phi) is 3.23. The van der Waals surface area contributed by atoms with Gasteiger partial charge in [0.1, 0.15) is 5.82 Å². The van der Waals surface area contributed by atoms with Crippen LogP contribution in [0.1, 0.15) is 21.5 Å². The molecule has 0 N–H and O–H groups in total. The lowest BCUT2D eigenvalue weighted by atomic mass is 9.95. The fourth-order valence-electron chi connectivity index (χ4n) is 2.66. The number of Topliss-reactive ketones (excluding diaryl/α,β-unsaturated/α-hetero) is 1. The molecule has 2 aromatic rings. The summed E-state index contributed by atoms with van der Waals surface area (Å²) in [7, 11) is 0. The summed E-state index contributed by atoms with van der Waals surface area (Å²) >= 11 is 3.12. The second kappa shape index (κ2) is 4.89. The summed E-state index contributed by atoms with van der Waals surface area (Å²) in [6.07, 6.45) is 1.42. The van der Waals surface area contributed by atoms with E-state index in [0.29, 0.717) is 17.3 Å². The van der Waals surface area contributed by atoms with Crippen molar-refractivity contribution >= 4 is 21.7 Å². The molecule has 0 amide bonds. The third kappa shape index (κ3) is 2.23. The summed E-state index contributed by atoms with van der Waals surface area (Å²) in [5.41, 5.74) is 2.60. The molecule has 0 fully saturated rings. The van der Waals surface area contributed by atoms with Crippen molar-refractivity contribution in [3.05, 3.63) is 69.4 Å². The third-order valence-corrected chi connectivity index (χ3v) is 4.25. The van der Waals surface area contributed by atoms with Gasteiger partial charge >= 0.3 is 0 Å². The molecule has 0 aromatic heterocycles. The van der Waals surface area contributed by atoms with Gasteiger partial charge in [-0.25, -0.2) is 4.39 Å². The third-order valence-electron chi connectivity index (χ3n) is 3.64. The molecule has 0 aliphatic heterocycles. The molecule has 0 saturated heterocycles. The van der Waals surface area contributed by atoms with Crippen LogP contribution in [0, 0.1) is 11.7 Å². The zero-order valence-corrected chi connectivity index (χ0v) is 11.8. The number of halogens is 2. The molecule has 3 heteroatoms. The van der Waals surface area contributed by atoms with Crippen molar-refractivity contribution in [2.75, 3.05) is 0 Å². The van der Waals surface area contributed by atoms with Crippen LogP contribution in [0.15, 0.2) is 46.9 Å². The van der Waals surface area contributed by atoms with Crippen molar-refractivity contribution in [3.8, 4) is 0 Å². The zero-order valence-electron chi connectivity index (χ0n) is 10.2. The molecule has 0 saturated carbocycles. The SMILES string of the molecule is O=C(c1cccc(Br)c1F)C1Cc2ccccc2C1. The van der Waals surface area contributed by atoms with E-state index in [1.54, 1.807) is 18.2 Å². The van der Waals surface area contributed by atoms with Crippen molar-refractivity contribution in [2.45, 2.75) is 12.8 Å². The van der Waals surface area contributed by atoms with Crippen LogP contribution >= 0.6 is 15.9 Å². The Bertz CT molecular complexity index is 626. The second-order valence-corrected chi connectivity index (χ2v) is 5.69. The van der Waals surface area contributed by atoms with Crippen LogP contribution < -0.4 is 0 Å². The van der Waals surface area contributed by atoms with Gasteiger partial charge in [-0.15, -0.1) is 0 Å². The first-order valence-corrected chi connectivity index (χ1v) is 7.01. The summed E-state index contributed by atoms with van der Waals surface area (Å²) < 4.78 is 14.3. The highest BCUT2D eigenvalue weighted by Crippen LogP contribution is 2.30. The van der Waals surface area contributed by atoms with Crippen LogP contribution in [0.5, 0.6) is 0 Å². The summed E-state index contributed by atoms with van der Waals surface area (Å²) in [5.74, 6) is -0.695. The van der Waals surface area contributed by atoms with Gasteiger partial charge in [-0.3, -0.25) is 4.79 Å². The minimum absolute atomic E-state index is 0.102. The maximum Gasteiger partial charge on any atom is 0.169 e. The summed E-state index contributed by atoms with van der Waals surface area (Å²) in [5, 5.41) is 0. The Hall–Kier alpha value is -1.48. The normalized spacial score (nSPS) is 14.4. The molecule has 2 aromatic carbocycles. The van der Waals surface area contributed by atoms with Crippen LogP contribution in [0.2, 0.25) is 0 Å². The van der Waals surface area contributed by atoms with Gasteiger partial charge in [0.05, 0.1) is 10.0 Å². The standard InChI is InChI=1S/C16H12BrFO/c17-14-7-3-6-13(15(14)18)16(19)12-8-10-4-1-2-5-11(10)9-12/h1-7,12H,8-9H2. The van der Waals surface area contributed by atoms with Crippen molar-refractivity contribution in [3.63, 3.8) is 0 Å². The van der Waals surface area contributed by atoms with Crippen LogP contribution in [0.4, 0.5) is 4.39 Å². The molecule has 0 spiro atoms. The highest BCUT2D eigenvalue weighted by Gasteiger charge is 2.29. The monoisotopic (exact) mass is 318 g/mol. The first-order valence-electron chi connectivity index (χ1n) is 6.22. The Morgan fingerprint density at radius 1 is 1.05 bits per heavy atom. The van der Waals surface area contributed by atoms with E-state index in [4.69, 9.17) is 0 Å². The molecule has 96 valence electrons. The van der Waals surface area contributed by atoms with E-state index < -0.39 is 5.82 Å². The quantitative estimate of drug-likeness (QED) is 0.759. The van der Waals surface area contributed by atoms with Crippen molar-refractivity contribution < 1.29 is 9.18 Å². The molecule has 1 aliphatic rings. The molecule has 1 nitrogen and oxygen atoms in total. The predicted molar refractivity (Wildman–Crippen MR) is 75.8 cm³/mol. The molecule has 19 heavy (non-hydrogen) atoms. The van der Waals surface area contributed by atoms with E-state index in [2.05, 4.69) is 15.9 Å². The number of carbonyl (C=O) groups excluding carboxylic acids is 1. The van der Waals surface area contributed by atoms with Gasteiger partial charge < -0.3 is 0 Å². The lowest BCUT2D eigenvalue weighted by molar-refractivity contribution is 0.0920. The number of carbonyl (C=O) groups is 1. The average Bonchev–Trinajstić information content (AvgIpc) is 2.85. The van der Waals surface area contributed by atoms with Gasteiger partial charge in [-0.1, -0.05) is 30.3 Å². The number of ketones is 1. The fourth-order valence-corrected chi connectivity index (χ4v) is 3.02. The zero-order chi connectivity index (χ0) is 13.4. The first-order chi connectivity index (χ1) is 9.16. The molecule has 0 atom stereocenters. The van der Waals surface area contributed by atoms with Crippen LogP contribution in [0.25, 0.3) is 0 Å². The molecule has 0 heterocycles. The summed E-state index contributed by atoms with van der Waals surface area (Å²) in [6, 6.07) is 12.9. The van der Waals surface area contributed by atoms with Gasteiger partial charge in [0.25, 0.3) is 0 Å². The molecule has 0 radical (unpaired) electrons. The highest BCUT2D eigenvalue weighted by molar-refractivity contribution is 9.10. The number of hydrogen-bond acceptors (Lipinski definition) is 1.